The summed E-state index contributed by atoms with van der Waals surface area (Å²) < 4.78 is 27.7. The highest BCUT2D eigenvalue weighted by Gasteiger charge is 2.41. The van der Waals surface area contributed by atoms with Gasteiger partial charge in [0.25, 0.3) is 5.88 Å². The van der Waals surface area contributed by atoms with Crippen molar-refractivity contribution in [2.75, 3.05) is 0 Å². The summed E-state index contributed by atoms with van der Waals surface area (Å²) in [4.78, 5) is 0.946. The van der Waals surface area contributed by atoms with Crippen molar-refractivity contribution in [3.05, 3.63) is 30.1 Å². The summed E-state index contributed by atoms with van der Waals surface area (Å²) in [6, 6.07) is 6.42. The van der Waals surface area contributed by atoms with E-state index in [9.17, 15) is 4.39 Å². The Bertz CT molecular complexity index is 631. The van der Waals surface area contributed by atoms with Gasteiger partial charge in [-0.1, -0.05) is 11.8 Å². The minimum atomic E-state index is -0.228. The van der Waals surface area contributed by atoms with E-state index in [0.29, 0.717) is 17.9 Å². The van der Waals surface area contributed by atoms with Crippen LogP contribution >= 0.6 is 23.5 Å². The lowest BCUT2D eigenvalue weighted by Crippen LogP contribution is -2.23. The number of benzene rings is 1. The van der Waals surface area contributed by atoms with Crippen LogP contribution in [0.3, 0.4) is 0 Å². The van der Waals surface area contributed by atoms with Crippen LogP contribution in [0.25, 0.3) is 0 Å². The van der Waals surface area contributed by atoms with Gasteiger partial charge in [-0.3, -0.25) is 0 Å². The SMILES string of the molecule is Fc1ccc(Sc2nsnc2O[C@@H]2C[C@H]3CC[C@@H]2C3)cc1. The molecule has 0 spiro atoms. The molecule has 3 nitrogen and oxygen atoms in total. The molecule has 2 saturated carbocycles. The molecule has 0 radical (unpaired) electrons. The first-order valence-electron chi connectivity index (χ1n) is 7.20. The smallest absolute Gasteiger partial charge is 0.260 e. The van der Waals surface area contributed by atoms with Gasteiger partial charge in [0.15, 0.2) is 5.03 Å². The van der Waals surface area contributed by atoms with Crippen molar-refractivity contribution in [3.63, 3.8) is 0 Å². The van der Waals surface area contributed by atoms with Gasteiger partial charge < -0.3 is 4.74 Å². The molecule has 6 heteroatoms. The fourth-order valence-electron chi connectivity index (χ4n) is 3.40. The average molecular weight is 322 g/mol. The summed E-state index contributed by atoms with van der Waals surface area (Å²) in [5, 5.41) is 0.786. The third kappa shape index (κ3) is 2.79. The molecule has 0 unspecified atom stereocenters. The zero-order valence-electron chi connectivity index (χ0n) is 11.4. The minimum Gasteiger partial charge on any atom is -0.471 e. The Labute approximate surface area is 131 Å². The van der Waals surface area contributed by atoms with Gasteiger partial charge in [0.05, 0.1) is 11.7 Å². The fraction of sp³-hybridized carbons (Fsp3) is 0.467. The second-order valence-corrected chi connectivity index (χ2v) is 7.35. The van der Waals surface area contributed by atoms with Crippen LogP contribution < -0.4 is 4.74 Å². The van der Waals surface area contributed by atoms with Gasteiger partial charge in [-0.2, -0.15) is 4.37 Å². The molecular weight excluding hydrogens is 307 g/mol. The second kappa shape index (κ2) is 5.57. The molecule has 0 amide bonds. The Hall–Kier alpha value is -1.14. The van der Waals surface area contributed by atoms with Gasteiger partial charge in [0.2, 0.25) is 0 Å². The first-order chi connectivity index (χ1) is 10.3. The predicted octanol–water partition coefficient (Wildman–Crippen LogP) is 4.40. The average Bonchev–Trinajstić information content (AvgIpc) is 3.19. The molecule has 0 N–H and O–H groups in total. The Morgan fingerprint density at radius 3 is 2.71 bits per heavy atom. The highest BCUT2D eigenvalue weighted by atomic mass is 32.2. The maximum absolute atomic E-state index is 12.9. The third-order valence-electron chi connectivity index (χ3n) is 4.39. The van der Waals surface area contributed by atoms with Crippen molar-refractivity contribution in [3.8, 4) is 5.88 Å². The van der Waals surface area contributed by atoms with E-state index < -0.39 is 0 Å². The lowest BCUT2D eigenvalue weighted by Gasteiger charge is -2.21. The summed E-state index contributed by atoms with van der Waals surface area (Å²) in [6.07, 6.45) is 5.41. The number of rotatable bonds is 4. The van der Waals surface area contributed by atoms with Gasteiger partial charge in [-0.05, 0) is 61.8 Å². The predicted molar refractivity (Wildman–Crippen MR) is 80.3 cm³/mol. The molecular formula is C15H15FN2OS2. The summed E-state index contributed by atoms with van der Waals surface area (Å²) in [5.41, 5.74) is 0. The zero-order chi connectivity index (χ0) is 14.2. The summed E-state index contributed by atoms with van der Waals surface area (Å²) in [5.74, 6) is 1.96. The van der Waals surface area contributed by atoms with Gasteiger partial charge in [-0.25, -0.2) is 4.39 Å². The van der Waals surface area contributed by atoms with Gasteiger partial charge >= 0.3 is 0 Å². The molecule has 110 valence electrons. The topological polar surface area (TPSA) is 35.0 Å². The van der Waals surface area contributed by atoms with Gasteiger partial charge in [0, 0.05) is 4.90 Å². The van der Waals surface area contributed by atoms with E-state index in [1.807, 2.05) is 0 Å². The number of ether oxygens (including phenoxy) is 1. The van der Waals surface area contributed by atoms with Crippen molar-refractivity contribution < 1.29 is 9.13 Å². The van der Waals surface area contributed by atoms with E-state index in [1.54, 1.807) is 12.1 Å². The van der Waals surface area contributed by atoms with Crippen LogP contribution in [0.15, 0.2) is 34.2 Å². The molecule has 2 fully saturated rings. The molecule has 1 heterocycles. The van der Waals surface area contributed by atoms with E-state index >= 15 is 0 Å². The van der Waals surface area contributed by atoms with Crippen LogP contribution in [0.5, 0.6) is 5.88 Å². The normalized spacial score (nSPS) is 27.2. The third-order valence-corrected chi connectivity index (χ3v) is 5.99. The molecule has 2 aliphatic carbocycles. The molecule has 2 aliphatic rings. The lowest BCUT2D eigenvalue weighted by atomic mass is 9.98. The van der Waals surface area contributed by atoms with E-state index in [4.69, 9.17) is 4.74 Å². The summed E-state index contributed by atoms with van der Waals surface area (Å²) in [7, 11) is 0. The highest BCUT2D eigenvalue weighted by molar-refractivity contribution is 7.99. The van der Waals surface area contributed by atoms with E-state index in [2.05, 4.69) is 8.75 Å². The molecule has 21 heavy (non-hydrogen) atoms. The quantitative estimate of drug-likeness (QED) is 0.836. The first kappa shape index (κ1) is 13.5. The molecule has 2 aromatic rings. The zero-order valence-corrected chi connectivity index (χ0v) is 13.0. The number of hydrogen-bond donors (Lipinski definition) is 0. The number of halogens is 1. The Balaban J connectivity index is 1.47. The van der Waals surface area contributed by atoms with E-state index in [-0.39, 0.29) is 5.82 Å². The van der Waals surface area contributed by atoms with Crippen molar-refractivity contribution in [1.82, 2.24) is 8.75 Å². The number of nitrogens with zero attached hydrogens (tertiary/aromatic N) is 2. The summed E-state index contributed by atoms with van der Waals surface area (Å²) >= 11 is 2.65. The maximum Gasteiger partial charge on any atom is 0.260 e. The van der Waals surface area contributed by atoms with Crippen LogP contribution in [-0.2, 0) is 0 Å². The van der Waals surface area contributed by atoms with Crippen molar-refractivity contribution in [2.45, 2.75) is 41.7 Å². The van der Waals surface area contributed by atoms with Crippen LogP contribution in [0.4, 0.5) is 4.39 Å². The highest BCUT2D eigenvalue weighted by Crippen LogP contribution is 2.46. The van der Waals surface area contributed by atoms with E-state index in [1.165, 1.54) is 54.9 Å². The largest absolute Gasteiger partial charge is 0.471 e. The minimum absolute atomic E-state index is 0.228. The van der Waals surface area contributed by atoms with Crippen molar-refractivity contribution in [1.29, 1.82) is 0 Å². The molecule has 0 aliphatic heterocycles. The molecule has 3 atom stereocenters. The van der Waals surface area contributed by atoms with Crippen molar-refractivity contribution in [2.24, 2.45) is 11.8 Å². The van der Waals surface area contributed by atoms with Crippen molar-refractivity contribution >= 4 is 23.5 Å². The molecule has 4 rings (SSSR count). The second-order valence-electron chi connectivity index (χ2n) is 5.76. The Morgan fingerprint density at radius 1 is 1.14 bits per heavy atom. The molecule has 0 saturated heterocycles. The number of aromatic nitrogens is 2. The molecule has 2 bridgehead atoms. The standard InChI is InChI=1S/C15H15FN2OS2/c16-11-3-5-12(6-4-11)20-15-14(17-21-18-15)19-13-8-9-1-2-10(13)7-9/h3-6,9-10,13H,1-2,7-8H2/t9-,10+,13+/m0/s1. The van der Waals surface area contributed by atoms with Crippen LogP contribution in [0.1, 0.15) is 25.7 Å². The van der Waals surface area contributed by atoms with E-state index in [0.717, 1.165) is 22.3 Å². The monoisotopic (exact) mass is 322 g/mol. The number of hydrogen-bond acceptors (Lipinski definition) is 5. The Morgan fingerprint density at radius 2 is 2.00 bits per heavy atom. The number of fused-ring (bicyclic) bond motifs is 2. The lowest BCUT2D eigenvalue weighted by molar-refractivity contribution is 0.129. The first-order valence-corrected chi connectivity index (χ1v) is 8.75. The molecule has 1 aromatic carbocycles. The Kier molecular flexibility index (Phi) is 3.59. The van der Waals surface area contributed by atoms with Gasteiger partial charge in [-0.15, -0.1) is 4.37 Å². The molecule has 1 aromatic heterocycles. The maximum atomic E-state index is 12.9. The van der Waals surface area contributed by atoms with Gasteiger partial charge in [0.1, 0.15) is 11.9 Å². The van der Waals surface area contributed by atoms with Crippen LogP contribution in [-0.4, -0.2) is 14.9 Å². The fourth-order valence-corrected chi connectivity index (χ4v) is 4.78. The summed E-state index contributed by atoms with van der Waals surface area (Å²) in [6.45, 7) is 0. The van der Waals surface area contributed by atoms with Crippen LogP contribution in [0, 0.1) is 17.7 Å². The van der Waals surface area contributed by atoms with Crippen LogP contribution in [0.2, 0.25) is 0 Å².